The number of ether oxygens (including phenoxy) is 2. The number of halogens is 1. The lowest BCUT2D eigenvalue weighted by molar-refractivity contribution is -0.0371. The number of amides is 1. The van der Waals surface area contributed by atoms with Crippen molar-refractivity contribution >= 4 is 17.5 Å². The standard InChI is InChI=1S/C14H18ClNO3/c1-10-9-19-13(7-15)8-16(10)14(17)11-3-5-12(18-2)6-4-11/h3-6,10,13H,7-9H2,1-2H3. The van der Waals surface area contributed by atoms with E-state index in [1.54, 1.807) is 31.4 Å². The fourth-order valence-electron chi connectivity index (χ4n) is 2.09. The summed E-state index contributed by atoms with van der Waals surface area (Å²) >= 11 is 5.80. The number of methoxy groups -OCH3 is 1. The van der Waals surface area contributed by atoms with E-state index in [-0.39, 0.29) is 18.1 Å². The van der Waals surface area contributed by atoms with Crippen LogP contribution in [-0.4, -0.2) is 49.1 Å². The summed E-state index contributed by atoms with van der Waals surface area (Å²) in [5.41, 5.74) is 0.655. The van der Waals surface area contributed by atoms with Crippen molar-refractivity contribution in [1.29, 1.82) is 0 Å². The third-order valence-corrected chi connectivity index (χ3v) is 3.62. The van der Waals surface area contributed by atoms with Gasteiger partial charge in [-0.25, -0.2) is 0 Å². The summed E-state index contributed by atoms with van der Waals surface area (Å²) in [6.07, 6.45) is -0.0833. The highest BCUT2D eigenvalue weighted by atomic mass is 35.5. The number of hydrogen-bond acceptors (Lipinski definition) is 3. The van der Waals surface area contributed by atoms with Crippen LogP contribution in [0.5, 0.6) is 5.75 Å². The zero-order valence-corrected chi connectivity index (χ0v) is 11.9. The van der Waals surface area contributed by atoms with Gasteiger partial charge in [0.1, 0.15) is 5.75 Å². The van der Waals surface area contributed by atoms with Crippen molar-refractivity contribution < 1.29 is 14.3 Å². The average molecular weight is 284 g/mol. The first-order valence-electron chi connectivity index (χ1n) is 6.28. The first kappa shape index (κ1) is 14.2. The fourth-order valence-corrected chi connectivity index (χ4v) is 2.28. The van der Waals surface area contributed by atoms with Gasteiger partial charge >= 0.3 is 0 Å². The molecule has 1 aromatic rings. The Bertz CT molecular complexity index is 435. The van der Waals surface area contributed by atoms with Crippen molar-refractivity contribution in [1.82, 2.24) is 4.90 Å². The van der Waals surface area contributed by atoms with E-state index in [1.165, 1.54) is 0 Å². The first-order valence-corrected chi connectivity index (χ1v) is 6.81. The number of morpholine rings is 1. The molecule has 0 radical (unpaired) electrons. The predicted molar refractivity (Wildman–Crippen MR) is 74.0 cm³/mol. The molecule has 0 aromatic heterocycles. The highest BCUT2D eigenvalue weighted by molar-refractivity contribution is 6.18. The summed E-state index contributed by atoms with van der Waals surface area (Å²) < 4.78 is 10.6. The van der Waals surface area contributed by atoms with Gasteiger partial charge in [-0.1, -0.05) is 0 Å². The molecule has 1 aliphatic rings. The minimum Gasteiger partial charge on any atom is -0.497 e. The van der Waals surface area contributed by atoms with E-state index in [1.807, 2.05) is 11.8 Å². The SMILES string of the molecule is COc1ccc(C(=O)N2CC(CCl)OCC2C)cc1. The van der Waals surface area contributed by atoms with E-state index < -0.39 is 0 Å². The summed E-state index contributed by atoms with van der Waals surface area (Å²) in [6, 6.07) is 7.20. The normalized spacial score (nSPS) is 23.2. The number of carbonyl (C=O) groups excluding carboxylic acids is 1. The van der Waals surface area contributed by atoms with E-state index in [9.17, 15) is 4.79 Å². The van der Waals surface area contributed by atoms with E-state index in [4.69, 9.17) is 21.1 Å². The van der Waals surface area contributed by atoms with Gasteiger partial charge in [0.05, 0.1) is 31.7 Å². The highest BCUT2D eigenvalue weighted by Gasteiger charge is 2.29. The molecule has 104 valence electrons. The zero-order valence-electron chi connectivity index (χ0n) is 11.1. The molecule has 0 saturated carbocycles. The molecule has 19 heavy (non-hydrogen) atoms. The second-order valence-electron chi connectivity index (χ2n) is 4.64. The van der Waals surface area contributed by atoms with Crippen molar-refractivity contribution in [2.75, 3.05) is 26.1 Å². The molecule has 1 saturated heterocycles. The second-order valence-corrected chi connectivity index (χ2v) is 4.95. The van der Waals surface area contributed by atoms with Crippen LogP contribution < -0.4 is 4.74 Å². The minimum absolute atomic E-state index is 0.00793. The van der Waals surface area contributed by atoms with Crippen LogP contribution in [0.1, 0.15) is 17.3 Å². The largest absolute Gasteiger partial charge is 0.497 e. The molecule has 1 heterocycles. The number of hydrogen-bond donors (Lipinski definition) is 0. The molecule has 2 unspecified atom stereocenters. The molecule has 1 fully saturated rings. The number of benzene rings is 1. The Morgan fingerprint density at radius 2 is 2.16 bits per heavy atom. The Balaban J connectivity index is 2.12. The molecule has 0 bridgehead atoms. The molecule has 1 aliphatic heterocycles. The van der Waals surface area contributed by atoms with Gasteiger partial charge in [0.15, 0.2) is 0 Å². The maximum absolute atomic E-state index is 12.5. The van der Waals surface area contributed by atoms with Crippen LogP contribution in [0.4, 0.5) is 0 Å². The predicted octanol–water partition coefficient (Wildman–Crippen LogP) is 2.16. The highest BCUT2D eigenvalue weighted by Crippen LogP contribution is 2.18. The van der Waals surface area contributed by atoms with Crippen LogP contribution in [-0.2, 0) is 4.74 Å². The molecule has 4 nitrogen and oxygen atoms in total. The van der Waals surface area contributed by atoms with Gasteiger partial charge in [-0.2, -0.15) is 0 Å². The summed E-state index contributed by atoms with van der Waals surface area (Å²) in [4.78, 5) is 14.3. The van der Waals surface area contributed by atoms with Crippen molar-refractivity contribution in [2.24, 2.45) is 0 Å². The molecular weight excluding hydrogens is 266 g/mol. The molecule has 1 amide bonds. The van der Waals surface area contributed by atoms with Gasteiger partial charge in [-0.3, -0.25) is 4.79 Å². The van der Waals surface area contributed by atoms with Crippen LogP contribution in [0.25, 0.3) is 0 Å². The maximum atomic E-state index is 12.5. The van der Waals surface area contributed by atoms with Crippen LogP contribution >= 0.6 is 11.6 Å². The van der Waals surface area contributed by atoms with Crippen molar-refractivity contribution in [2.45, 2.75) is 19.1 Å². The summed E-state index contributed by atoms with van der Waals surface area (Å²) in [5.74, 6) is 1.15. The second kappa shape index (κ2) is 6.26. The third-order valence-electron chi connectivity index (χ3n) is 3.28. The summed E-state index contributed by atoms with van der Waals surface area (Å²) in [5, 5.41) is 0. The molecule has 0 N–H and O–H groups in total. The number of rotatable bonds is 3. The Kier molecular flexibility index (Phi) is 4.66. The zero-order chi connectivity index (χ0) is 13.8. The summed E-state index contributed by atoms with van der Waals surface area (Å²) in [7, 11) is 1.60. The van der Waals surface area contributed by atoms with Crippen LogP contribution in [0, 0.1) is 0 Å². The molecule has 5 heteroatoms. The van der Waals surface area contributed by atoms with Crippen molar-refractivity contribution in [3.05, 3.63) is 29.8 Å². The number of carbonyl (C=O) groups is 1. The average Bonchev–Trinajstić information content (AvgIpc) is 2.47. The molecule has 2 atom stereocenters. The lowest BCUT2D eigenvalue weighted by Crippen LogP contribution is -2.51. The molecule has 0 aliphatic carbocycles. The van der Waals surface area contributed by atoms with Gasteiger partial charge < -0.3 is 14.4 Å². The number of nitrogens with zero attached hydrogens (tertiary/aromatic N) is 1. The van der Waals surface area contributed by atoms with E-state index in [2.05, 4.69) is 0 Å². The Labute approximate surface area is 118 Å². The number of alkyl halides is 1. The Morgan fingerprint density at radius 1 is 1.47 bits per heavy atom. The van der Waals surface area contributed by atoms with Crippen LogP contribution in [0.15, 0.2) is 24.3 Å². The van der Waals surface area contributed by atoms with Gasteiger partial charge in [0.25, 0.3) is 5.91 Å². The summed E-state index contributed by atoms with van der Waals surface area (Å²) in [6.45, 7) is 3.04. The fraction of sp³-hybridized carbons (Fsp3) is 0.500. The van der Waals surface area contributed by atoms with E-state index >= 15 is 0 Å². The lowest BCUT2D eigenvalue weighted by atomic mass is 10.1. The Morgan fingerprint density at radius 3 is 2.74 bits per heavy atom. The molecule has 1 aromatic carbocycles. The van der Waals surface area contributed by atoms with E-state index in [0.29, 0.717) is 24.6 Å². The molecule has 0 spiro atoms. The monoisotopic (exact) mass is 283 g/mol. The lowest BCUT2D eigenvalue weighted by Gasteiger charge is -2.37. The van der Waals surface area contributed by atoms with Crippen LogP contribution in [0.2, 0.25) is 0 Å². The van der Waals surface area contributed by atoms with Crippen molar-refractivity contribution in [3.63, 3.8) is 0 Å². The van der Waals surface area contributed by atoms with E-state index in [0.717, 1.165) is 5.75 Å². The topological polar surface area (TPSA) is 38.8 Å². The van der Waals surface area contributed by atoms with Gasteiger partial charge in [0.2, 0.25) is 0 Å². The van der Waals surface area contributed by atoms with Gasteiger partial charge in [0, 0.05) is 12.1 Å². The van der Waals surface area contributed by atoms with Crippen LogP contribution in [0.3, 0.4) is 0 Å². The van der Waals surface area contributed by atoms with Crippen molar-refractivity contribution in [3.8, 4) is 5.75 Å². The van der Waals surface area contributed by atoms with Gasteiger partial charge in [-0.15, -0.1) is 11.6 Å². The maximum Gasteiger partial charge on any atom is 0.254 e. The third kappa shape index (κ3) is 3.19. The Hall–Kier alpha value is -1.26. The van der Waals surface area contributed by atoms with Gasteiger partial charge in [-0.05, 0) is 31.2 Å². The molecule has 2 rings (SSSR count). The quantitative estimate of drug-likeness (QED) is 0.798. The minimum atomic E-state index is -0.0833. The smallest absolute Gasteiger partial charge is 0.254 e. The molecular formula is C14H18ClNO3. The first-order chi connectivity index (χ1) is 9.15.